The molecule has 0 spiro atoms. The Labute approximate surface area is 204 Å². The predicted molar refractivity (Wildman–Crippen MR) is 137 cm³/mol. The number of hydrogen-bond donors (Lipinski definition) is 4. The monoisotopic (exact) mass is 536 g/mol. The molecule has 0 bridgehead atoms. The SMILES string of the molecule is CC(=O)CCCCC(=O)NCCCCNc1ccn([C@@H]2O[C@H](COP(P)P)C(O)[C@@H]2O)c(=O)n1. The summed E-state index contributed by atoms with van der Waals surface area (Å²) in [4.78, 5) is 39.0. The summed E-state index contributed by atoms with van der Waals surface area (Å²) in [5.41, 5.74) is -0.612. The van der Waals surface area contributed by atoms with Gasteiger partial charge in [0.25, 0.3) is 0 Å². The minimum atomic E-state index is -1.28. The van der Waals surface area contributed by atoms with Crippen LogP contribution in [-0.4, -0.2) is 69.5 Å². The maximum atomic E-state index is 12.4. The van der Waals surface area contributed by atoms with Crippen LogP contribution in [0.1, 0.15) is 51.7 Å². The molecular weight excluding hydrogens is 501 g/mol. The van der Waals surface area contributed by atoms with Crippen molar-refractivity contribution in [3.63, 3.8) is 0 Å². The summed E-state index contributed by atoms with van der Waals surface area (Å²) in [5, 5.41) is 26.4. The van der Waals surface area contributed by atoms with E-state index in [0.717, 1.165) is 23.8 Å². The number of rotatable bonds is 15. The highest BCUT2D eigenvalue weighted by molar-refractivity contribution is 8.41. The van der Waals surface area contributed by atoms with Gasteiger partial charge in [-0.15, -0.1) is 0 Å². The number of amides is 1. The van der Waals surface area contributed by atoms with Crippen molar-refractivity contribution in [2.45, 2.75) is 70.0 Å². The number of aromatic nitrogens is 2. The fourth-order valence-electron chi connectivity index (χ4n) is 3.40. The number of aliphatic hydroxyl groups excluding tert-OH is 2. The van der Waals surface area contributed by atoms with Crippen molar-refractivity contribution >= 4 is 42.9 Å². The Morgan fingerprint density at radius 1 is 1.18 bits per heavy atom. The highest BCUT2D eigenvalue weighted by Crippen LogP contribution is 2.53. The molecule has 1 aromatic rings. The zero-order valence-corrected chi connectivity index (χ0v) is 22.5. The Morgan fingerprint density at radius 2 is 1.88 bits per heavy atom. The number of carbonyl (C=O) groups excluding carboxylic acids is 2. The Balaban J connectivity index is 1.70. The van der Waals surface area contributed by atoms with Crippen molar-refractivity contribution in [3.8, 4) is 0 Å². The van der Waals surface area contributed by atoms with Crippen LogP contribution in [-0.2, 0) is 18.8 Å². The van der Waals surface area contributed by atoms with E-state index in [1.807, 2.05) is 0 Å². The molecule has 14 heteroatoms. The molecule has 6 atom stereocenters. The van der Waals surface area contributed by atoms with Gasteiger partial charge >= 0.3 is 5.69 Å². The van der Waals surface area contributed by atoms with Crippen molar-refractivity contribution < 1.29 is 29.1 Å². The smallest absolute Gasteiger partial charge is 0.351 e. The van der Waals surface area contributed by atoms with E-state index in [1.165, 1.54) is 6.20 Å². The van der Waals surface area contributed by atoms with Gasteiger partial charge < -0.3 is 34.9 Å². The quantitative estimate of drug-likeness (QED) is 0.192. The summed E-state index contributed by atoms with van der Waals surface area (Å²) in [6.07, 6.45) is 1.11. The van der Waals surface area contributed by atoms with Gasteiger partial charge in [0.1, 0.15) is 29.9 Å². The number of unbranched alkanes of at least 4 members (excludes halogenated alkanes) is 2. The van der Waals surface area contributed by atoms with Crippen molar-refractivity contribution in [2.24, 2.45) is 0 Å². The first kappa shape index (κ1) is 29.2. The first-order valence-electron chi connectivity index (χ1n) is 11.2. The van der Waals surface area contributed by atoms with Gasteiger partial charge in [0.15, 0.2) is 6.23 Å². The summed E-state index contributed by atoms with van der Waals surface area (Å²) in [5.74, 6) is 0.517. The van der Waals surface area contributed by atoms with Gasteiger partial charge in [-0.1, -0.05) is 17.9 Å². The van der Waals surface area contributed by atoms with Crippen molar-refractivity contribution in [1.29, 1.82) is 0 Å². The van der Waals surface area contributed by atoms with E-state index in [1.54, 1.807) is 13.0 Å². The molecule has 34 heavy (non-hydrogen) atoms. The van der Waals surface area contributed by atoms with Crippen molar-refractivity contribution in [2.75, 3.05) is 25.0 Å². The van der Waals surface area contributed by atoms with Gasteiger partial charge in [-0.2, -0.15) is 4.98 Å². The molecule has 11 nitrogen and oxygen atoms in total. The number of ether oxygens (including phenoxy) is 1. The summed E-state index contributed by atoms with van der Waals surface area (Å²) in [7, 11) is 4.18. The van der Waals surface area contributed by atoms with Gasteiger partial charge in [-0.3, -0.25) is 9.36 Å². The van der Waals surface area contributed by atoms with Crippen molar-refractivity contribution in [3.05, 3.63) is 22.7 Å². The summed E-state index contributed by atoms with van der Waals surface area (Å²) in [6.45, 7) is 2.77. The minimum Gasteiger partial charge on any atom is -0.387 e. The molecular formula is C20H35N4O7P3. The van der Waals surface area contributed by atoms with Gasteiger partial charge in [-0.25, -0.2) is 4.79 Å². The fraction of sp³-hybridized carbons (Fsp3) is 0.700. The third-order valence-electron chi connectivity index (χ3n) is 5.24. The molecule has 2 rings (SSSR count). The number of carbonyl (C=O) groups is 2. The van der Waals surface area contributed by atoms with Gasteiger partial charge in [0.2, 0.25) is 5.91 Å². The molecule has 0 aromatic carbocycles. The predicted octanol–water partition coefficient (Wildman–Crippen LogP) is 1.31. The average Bonchev–Trinajstić information content (AvgIpc) is 3.06. The second-order valence-corrected chi connectivity index (χ2v) is 13.9. The molecule has 1 aliphatic heterocycles. The molecule has 1 fully saturated rings. The highest BCUT2D eigenvalue weighted by atomic mass is 32.4. The lowest BCUT2D eigenvalue weighted by molar-refractivity contribution is -0.121. The lowest BCUT2D eigenvalue weighted by atomic mass is 10.1. The van der Waals surface area contributed by atoms with Gasteiger partial charge in [0, 0.05) is 32.1 Å². The summed E-state index contributed by atoms with van der Waals surface area (Å²) < 4.78 is 12.2. The highest BCUT2D eigenvalue weighted by Gasteiger charge is 2.44. The van der Waals surface area contributed by atoms with Crippen LogP contribution < -0.4 is 16.3 Å². The lowest BCUT2D eigenvalue weighted by Crippen LogP contribution is -2.36. The Morgan fingerprint density at radius 3 is 2.56 bits per heavy atom. The normalized spacial score (nSPS) is 22.2. The Bertz CT molecular complexity index is 858. The van der Waals surface area contributed by atoms with E-state index < -0.39 is 37.8 Å². The number of anilines is 1. The van der Waals surface area contributed by atoms with Crippen LogP contribution in [0.5, 0.6) is 0 Å². The second kappa shape index (κ2) is 15.1. The Hall–Kier alpha value is -1.05. The Kier molecular flexibility index (Phi) is 13.0. The van der Waals surface area contributed by atoms with Crippen LogP contribution in [0, 0.1) is 0 Å². The molecule has 0 aliphatic carbocycles. The van der Waals surface area contributed by atoms with E-state index in [0.29, 0.717) is 38.2 Å². The molecule has 2 heterocycles. The molecule has 1 saturated heterocycles. The topological polar surface area (TPSA) is 152 Å². The lowest BCUT2D eigenvalue weighted by Gasteiger charge is -2.17. The average molecular weight is 536 g/mol. The standard InChI is InChI=1S/C20H35N4O7P3/c1-13(25)6-2-3-7-16(26)22-10-5-4-9-21-15-8-11-24(20(29)23-15)19-18(28)17(27)14(31-19)12-30-34(32)33/h8,11,14,17-19,27-28H,2-7,9-10,12,32-33H2,1H3,(H,22,26)(H,21,23,29)/t14-,17?,18+,19-/m1/s1. The second-order valence-electron chi connectivity index (χ2n) is 8.10. The van der Waals surface area contributed by atoms with Gasteiger partial charge in [0.05, 0.1) is 14.1 Å². The zero-order chi connectivity index (χ0) is 25.1. The van der Waals surface area contributed by atoms with Crippen LogP contribution in [0.3, 0.4) is 0 Å². The fourth-order valence-corrected chi connectivity index (χ4v) is 4.24. The van der Waals surface area contributed by atoms with E-state index in [2.05, 4.69) is 33.5 Å². The van der Waals surface area contributed by atoms with Crippen LogP contribution >= 0.6 is 25.4 Å². The first-order valence-corrected chi connectivity index (χ1v) is 15.7. The van der Waals surface area contributed by atoms with E-state index in [4.69, 9.17) is 9.26 Å². The molecule has 1 aromatic heterocycles. The summed E-state index contributed by atoms with van der Waals surface area (Å²) in [6, 6.07) is 1.60. The largest absolute Gasteiger partial charge is 0.387 e. The number of nitrogens with one attached hydrogen (secondary N) is 2. The molecule has 3 unspecified atom stereocenters. The number of nitrogens with zero attached hydrogens (tertiary/aromatic N) is 2. The maximum Gasteiger partial charge on any atom is 0.351 e. The number of ketones is 1. The molecule has 0 radical (unpaired) electrons. The van der Waals surface area contributed by atoms with Crippen LogP contribution in [0.25, 0.3) is 0 Å². The molecule has 1 aliphatic rings. The van der Waals surface area contributed by atoms with Crippen LogP contribution in [0.4, 0.5) is 5.82 Å². The third kappa shape index (κ3) is 9.90. The van der Waals surface area contributed by atoms with E-state index >= 15 is 0 Å². The molecule has 192 valence electrons. The van der Waals surface area contributed by atoms with Crippen molar-refractivity contribution in [1.82, 2.24) is 14.9 Å². The minimum absolute atomic E-state index is 0.0139. The van der Waals surface area contributed by atoms with Gasteiger partial charge in [-0.05, 0) is 38.7 Å². The van der Waals surface area contributed by atoms with E-state index in [-0.39, 0.29) is 18.3 Å². The number of aliphatic hydroxyl groups is 2. The summed E-state index contributed by atoms with van der Waals surface area (Å²) >= 11 is 0. The number of hydrogen-bond acceptors (Lipinski definition) is 9. The van der Waals surface area contributed by atoms with Crippen LogP contribution in [0.15, 0.2) is 17.1 Å². The maximum absolute atomic E-state index is 12.4. The third-order valence-corrected chi connectivity index (χ3v) is 6.59. The van der Waals surface area contributed by atoms with E-state index in [9.17, 15) is 24.6 Å². The molecule has 4 N–H and O–H groups in total. The molecule has 1 amide bonds. The first-order chi connectivity index (χ1) is 16.2. The number of Topliss-reactive ketones (excluding diaryl/α,β-unsaturated/α-hetero) is 1. The molecule has 0 saturated carbocycles. The van der Waals surface area contributed by atoms with Crippen LogP contribution in [0.2, 0.25) is 0 Å². The zero-order valence-electron chi connectivity index (χ0n) is 19.3.